The van der Waals surface area contributed by atoms with E-state index in [2.05, 4.69) is 5.32 Å². The number of furan rings is 1. The topological polar surface area (TPSA) is 59.3 Å². The summed E-state index contributed by atoms with van der Waals surface area (Å²) >= 11 is 0. The SMILES string of the molecule is CC(=O)c1ccc(NC(=O)c2ccc3oc4ccccc4c3c2)cc1. The molecule has 1 amide bonds. The second kappa shape index (κ2) is 5.91. The highest BCUT2D eigenvalue weighted by atomic mass is 16.3. The third kappa shape index (κ3) is 2.78. The van der Waals surface area contributed by atoms with Crippen molar-refractivity contribution in [2.45, 2.75) is 6.92 Å². The predicted octanol–water partition coefficient (Wildman–Crippen LogP) is 5.04. The van der Waals surface area contributed by atoms with E-state index in [1.54, 1.807) is 30.3 Å². The first kappa shape index (κ1) is 15.1. The van der Waals surface area contributed by atoms with E-state index in [4.69, 9.17) is 4.42 Å². The Morgan fingerprint density at radius 2 is 1.48 bits per heavy atom. The van der Waals surface area contributed by atoms with Crippen molar-refractivity contribution in [2.24, 2.45) is 0 Å². The molecule has 4 rings (SSSR count). The fourth-order valence-electron chi connectivity index (χ4n) is 2.86. The molecule has 0 fully saturated rings. The number of anilines is 1. The molecule has 0 radical (unpaired) electrons. The Hall–Kier alpha value is -3.40. The Morgan fingerprint density at radius 3 is 2.24 bits per heavy atom. The van der Waals surface area contributed by atoms with E-state index in [1.165, 1.54) is 6.92 Å². The van der Waals surface area contributed by atoms with Crippen molar-refractivity contribution in [1.29, 1.82) is 0 Å². The summed E-state index contributed by atoms with van der Waals surface area (Å²) in [7, 11) is 0. The highest BCUT2D eigenvalue weighted by molar-refractivity contribution is 6.11. The molecule has 1 aromatic heterocycles. The third-order valence-corrected chi connectivity index (χ3v) is 4.19. The second-order valence-electron chi connectivity index (χ2n) is 5.90. The number of rotatable bonds is 3. The van der Waals surface area contributed by atoms with Crippen LogP contribution >= 0.6 is 0 Å². The van der Waals surface area contributed by atoms with Crippen molar-refractivity contribution >= 4 is 39.3 Å². The lowest BCUT2D eigenvalue weighted by atomic mass is 10.1. The highest BCUT2D eigenvalue weighted by Gasteiger charge is 2.11. The lowest BCUT2D eigenvalue weighted by molar-refractivity contribution is 0.101. The molecule has 0 aliphatic rings. The molecule has 122 valence electrons. The summed E-state index contributed by atoms with van der Waals surface area (Å²) in [6, 6.07) is 20.0. The zero-order valence-corrected chi connectivity index (χ0v) is 13.6. The number of benzene rings is 3. The standard InChI is InChI=1S/C21H15NO3/c1-13(23)14-6-9-16(10-7-14)22-21(24)15-8-11-20-18(12-15)17-4-2-3-5-19(17)25-20/h2-12H,1H3,(H,22,24). The lowest BCUT2D eigenvalue weighted by Crippen LogP contribution is -2.11. The normalized spacial score (nSPS) is 10.9. The Morgan fingerprint density at radius 1 is 0.800 bits per heavy atom. The third-order valence-electron chi connectivity index (χ3n) is 4.19. The van der Waals surface area contributed by atoms with Crippen LogP contribution in [-0.4, -0.2) is 11.7 Å². The number of hydrogen-bond donors (Lipinski definition) is 1. The molecule has 3 aromatic carbocycles. The first-order chi connectivity index (χ1) is 12.1. The molecular weight excluding hydrogens is 314 g/mol. The van der Waals surface area contributed by atoms with Gasteiger partial charge in [0, 0.05) is 27.6 Å². The minimum atomic E-state index is -0.206. The fourth-order valence-corrected chi connectivity index (χ4v) is 2.86. The van der Waals surface area contributed by atoms with E-state index in [0.29, 0.717) is 16.8 Å². The van der Waals surface area contributed by atoms with Gasteiger partial charge in [-0.3, -0.25) is 9.59 Å². The Balaban J connectivity index is 1.65. The summed E-state index contributed by atoms with van der Waals surface area (Å²) in [6.07, 6.45) is 0. The van der Waals surface area contributed by atoms with E-state index in [-0.39, 0.29) is 11.7 Å². The van der Waals surface area contributed by atoms with Crippen LogP contribution in [0.25, 0.3) is 21.9 Å². The zero-order chi connectivity index (χ0) is 17.4. The van der Waals surface area contributed by atoms with Crippen molar-refractivity contribution in [1.82, 2.24) is 0 Å². The molecule has 25 heavy (non-hydrogen) atoms. The number of amides is 1. The molecule has 0 saturated heterocycles. The number of hydrogen-bond acceptors (Lipinski definition) is 3. The first-order valence-corrected chi connectivity index (χ1v) is 7.95. The van der Waals surface area contributed by atoms with E-state index >= 15 is 0 Å². The maximum Gasteiger partial charge on any atom is 0.255 e. The summed E-state index contributed by atoms with van der Waals surface area (Å²) in [5, 5.41) is 4.74. The number of ketones is 1. The lowest BCUT2D eigenvalue weighted by Gasteiger charge is -2.06. The van der Waals surface area contributed by atoms with Gasteiger partial charge in [-0.25, -0.2) is 0 Å². The highest BCUT2D eigenvalue weighted by Crippen LogP contribution is 2.29. The molecule has 4 nitrogen and oxygen atoms in total. The summed E-state index contributed by atoms with van der Waals surface area (Å²) in [6.45, 7) is 1.51. The van der Waals surface area contributed by atoms with Gasteiger partial charge in [-0.1, -0.05) is 18.2 Å². The molecule has 1 N–H and O–H groups in total. The van der Waals surface area contributed by atoms with Gasteiger partial charge >= 0.3 is 0 Å². The van der Waals surface area contributed by atoms with Crippen LogP contribution in [0.2, 0.25) is 0 Å². The number of carbonyl (C=O) groups is 2. The summed E-state index contributed by atoms with van der Waals surface area (Å²) in [5.41, 5.74) is 3.37. The molecule has 0 bridgehead atoms. The average Bonchev–Trinajstić information content (AvgIpc) is 3.00. The molecule has 1 heterocycles. The smallest absolute Gasteiger partial charge is 0.255 e. The van der Waals surface area contributed by atoms with Crippen molar-refractivity contribution < 1.29 is 14.0 Å². The van der Waals surface area contributed by atoms with Crippen LogP contribution in [0.4, 0.5) is 5.69 Å². The molecule has 0 aliphatic carbocycles. The predicted molar refractivity (Wildman–Crippen MR) is 98.1 cm³/mol. The molecule has 0 unspecified atom stereocenters. The van der Waals surface area contributed by atoms with Crippen LogP contribution < -0.4 is 5.32 Å². The molecule has 0 saturated carbocycles. The number of carbonyl (C=O) groups excluding carboxylic acids is 2. The largest absolute Gasteiger partial charge is 0.456 e. The average molecular weight is 329 g/mol. The molecule has 0 aliphatic heterocycles. The van der Waals surface area contributed by atoms with Crippen molar-refractivity contribution in [3.8, 4) is 0 Å². The van der Waals surface area contributed by atoms with Crippen molar-refractivity contribution in [2.75, 3.05) is 5.32 Å². The Kier molecular flexibility index (Phi) is 3.58. The molecule has 0 atom stereocenters. The van der Waals surface area contributed by atoms with Gasteiger partial charge in [-0.05, 0) is 55.5 Å². The van der Waals surface area contributed by atoms with Gasteiger partial charge in [0.05, 0.1) is 0 Å². The molecule has 0 spiro atoms. The number of fused-ring (bicyclic) bond motifs is 3. The van der Waals surface area contributed by atoms with Crippen LogP contribution in [-0.2, 0) is 0 Å². The van der Waals surface area contributed by atoms with Gasteiger partial charge in [0.2, 0.25) is 0 Å². The minimum absolute atomic E-state index is 0.00448. The van der Waals surface area contributed by atoms with Gasteiger partial charge in [-0.2, -0.15) is 0 Å². The van der Waals surface area contributed by atoms with E-state index < -0.39 is 0 Å². The van der Waals surface area contributed by atoms with E-state index in [0.717, 1.165) is 21.9 Å². The first-order valence-electron chi connectivity index (χ1n) is 7.95. The van der Waals surface area contributed by atoms with Gasteiger partial charge in [0.15, 0.2) is 5.78 Å². The molecule has 4 aromatic rings. The van der Waals surface area contributed by atoms with Crippen LogP contribution in [0.1, 0.15) is 27.6 Å². The number of nitrogens with one attached hydrogen (secondary N) is 1. The Labute approximate surface area is 144 Å². The Bertz CT molecular complexity index is 1110. The summed E-state index contributed by atoms with van der Waals surface area (Å²) < 4.78 is 5.78. The maximum absolute atomic E-state index is 12.5. The maximum atomic E-state index is 12.5. The van der Waals surface area contributed by atoms with Gasteiger partial charge in [-0.15, -0.1) is 0 Å². The fraction of sp³-hybridized carbons (Fsp3) is 0.0476. The number of Topliss-reactive ketones (excluding diaryl/α,β-unsaturated/α-hetero) is 1. The minimum Gasteiger partial charge on any atom is -0.456 e. The zero-order valence-electron chi connectivity index (χ0n) is 13.6. The monoisotopic (exact) mass is 329 g/mol. The van der Waals surface area contributed by atoms with Crippen LogP contribution in [0.15, 0.2) is 71.1 Å². The van der Waals surface area contributed by atoms with Gasteiger partial charge in [0.25, 0.3) is 5.91 Å². The van der Waals surface area contributed by atoms with Crippen molar-refractivity contribution in [3.05, 3.63) is 77.9 Å². The van der Waals surface area contributed by atoms with Crippen LogP contribution in [0, 0.1) is 0 Å². The van der Waals surface area contributed by atoms with Crippen LogP contribution in [0.3, 0.4) is 0 Å². The summed E-state index contributed by atoms with van der Waals surface area (Å²) in [5.74, 6) is -0.210. The number of para-hydroxylation sites is 1. The van der Waals surface area contributed by atoms with Gasteiger partial charge in [0.1, 0.15) is 11.2 Å². The summed E-state index contributed by atoms with van der Waals surface area (Å²) in [4.78, 5) is 23.8. The second-order valence-corrected chi connectivity index (χ2v) is 5.90. The molecular formula is C21H15NO3. The van der Waals surface area contributed by atoms with Crippen LogP contribution in [0.5, 0.6) is 0 Å². The quantitative estimate of drug-likeness (QED) is 0.536. The van der Waals surface area contributed by atoms with E-state index in [1.807, 2.05) is 36.4 Å². The van der Waals surface area contributed by atoms with E-state index in [9.17, 15) is 9.59 Å². The molecule has 4 heteroatoms. The van der Waals surface area contributed by atoms with Crippen molar-refractivity contribution in [3.63, 3.8) is 0 Å². The van der Waals surface area contributed by atoms with Gasteiger partial charge < -0.3 is 9.73 Å².